The Morgan fingerprint density at radius 1 is 1.08 bits per heavy atom. The SMILES string of the molecule is CN=C(NCCCOc1ccccc1)NCc1ccc(C(N)=O)cc1.I. The molecule has 1 amide bonds. The van der Waals surface area contributed by atoms with E-state index in [9.17, 15) is 4.79 Å². The predicted octanol–water partition coefficient (Wildman–Crippen LogP) is 2.54. The molecule has 0 saturated carbocycles. The summed E-state index contributed by atoms with van der Waals surface area (Å²) in [5.74, 6) is 1.18. The fourth-order valence-electron chi connectivity index (χ4n) is 2.18. The molecule has 0 spiro atoms. The van der Waals surface area contributed by atoms with Crippen molar-refractivity contribution in [3.8, 4) is 5.75 Å². The van der Waals surface area contributed by atoms with Crippen molar-refractivity contribution in [3.05, 3.63) is 65.7 Å². The molecule has 0 fully saturated rings. The van der Waals surface area contributed by atoms with Crippen LogP contribution in [0.2, 0.25) is 0 Å². The van der Waals surface area contributed by atoms with Crippen molar-refractivity contribution in [2.24, 2.45) is 10.7 Å². The van der Waals surface area contributed by atoms with E-state index in [-0.39, 0.29) is 24.0 Å². The van der Waals surface area contributed by atoms with Crippen molar-refractivity contribution < 1.29 is 9.53 Å². The van der Waals surface area contributed by atoms with E-state index in [1.165, 1.54) is 0 Å². The predicted molar refractivity (Wildman–Crippen MR) is 115 cm³/mol. The summed E-state index contributed by atoms with van der Waals surface area (Å²) in [5.41, 5.74) is 6.78. The zero-order valence-electron chi connectivity index (χ0n) is 14.8. The maximum absolute atomic E-state index is 11.1. The Balaban J connectivity index is 0.00000338. The van der Waals surface area contributed by atoms with Gasteiger partial charge in [-0.3, -0.25) is 9.79 Å². The summed E-state index contributed by atoms with van der Waals surface area (Å²) >= 11 is 0. The number of para-hydroxylation sites is 1. The first-order chi connectivity index (χ1) is 12.2. The lowest BCUT2D eigenvalue weighted by atomic mass is 10.1. The number of rotatable bonds is 8. The number of halogens is 1. The highest BCUT2D eigenvalue weighted by Gasteiger charge is 2.01. The van der Waals surface area contributed by atoms with Gasteiger partial charge >= 0.3 is 0 Å². The van der Waals surface area contributed by atoms with Gasteiger partial charge in [0.15, 0.2) is 5.96 Å². The number of nitrogens with one attached hydrogen (secondary N) is 2. The summed E-state index contributed by atoms with van der Waals surface area (Å²) in [4.78, 5) is 15.2. The Morgan fingerprint density at radius 2 is 1.77 bits per heavy atom. The van der Waals surface area contributed by atoms with Gasteiger partial charge < -0.3 is 21.1 Å². The highest BCUT2D eigenvalue weighted by molar-refractivity contribution is 14.0. The molecule has 4 N–H and O–H groups in total. The van der Waals surface area contributed by atoms with Crippen molar-refractivity contribution in [1.29, 1.82) is 0 Å². The molecular weight excluding hydrogens is 443 g/mol. The minimum atomic E-state index is -0.422. The maximum atomic E-state index is 11.1. The van der Waals surface area contributed by atoms with Crippen LogP contribution < -0.4 is 21.1 Å². The average molecular weight is 468 g/mol. The molecular formula is C19H25IN4O2. The Morgan fingerprint density at radius 3 is 2.38 bits per heavy atom. The number of carbonyl (C=O) groups excluding carboxylic acids is 1. The first-order valence-electron chi connectivity index (χ1n) is 8.20. The van der Waals surface area contributed by atoms with Crippen LogP contribution in [0, 0.1) is 0 Å². The normalized spacial score (nSPS) is 10.6. The molecule has 0 radical (unpaired) electrons. The second-order valence-corrected chi connectivity index (χ2v) is 5.43. The van der Waals surface area contributed by atoms with Crippen LogP contribution >= 0.6 is 24.0 Å². The van der Waals surface area contributed by atoms with Gasteiger partial charge in [-0.05, 0) is 36.2 Å². The molecule has 0 atom stereocenters. The number of aliphatic imine (C=N–C) groups is 1. The first kappa shape index (κ1) is 21.8. The number of nitrogens with two attached hydrogens (primary N) is 1. The van der Waals surface area contributed by atoms with E-state index >= 15 is 0 Å². The highest BCUT2D eigenvalue weighted by atomic mass is 127. The Labute approximate surface area is 171 Å². The highest BCUT2D eigenvalue weighted by Crippen LogP contribution is 2.08. The van der Waals surface area contributed by atoms with Crippen molar-refractivity contribution in [1.82, 2.24) is 10.6 Å². The number of guanidine groups is 1. The quantitative estimate of drug-likeness (QED) is 0.241. The monoisotopic (exact) mass is 468 g/mol. The Bertz CT molecular complexity index is 690. The second-order valence-electron chi connectivity index (χ2n) is 5.43. The smallest absolute Gasteiger partial charge is 0.248 e. The Kier molecular flexibility index (Phi) is 10.1. The Hall–Kier alpha value is -2.29. The molecule has 0 bridgehead atoms. The van der Waals surface area contributed by atoms with Gasteiger partial charge in [0, 0.05) is 25.7 Å². The molecule has 0 aliphatic heterocycles. The molecule has 26 heavy (non-hydrogen) atoms. The number of amides is 1. The van der Waals surface area contributed by atoms with Gasteiger partial charge in [-0.25, -0.2) is 0 Å². The van der Waals surface area contributed by atoms with Gasteiger partial charge in [0.25, 0.3) is 0 Å². The molecule has 6 nitrogen and oxygen atoms in total. The minimum absolute atomic E-state index is 0. The molecule has 7 heteroatoms. The lowest BCUT2D eigenvalue weighted by molar-refractivity contribution is 0.100. The topological polar surface area (TPSA) is 88.7 Å². The minimum Gasteiger partial charge on any atom is -0.494 e. The standard InChI is InChI=1S/C19H24N4O2.HI/c1-21-19(22-12-5-13-25-17-6-3-2-4-7-17)23-14-15-8-10-16(11-9-15)18(20)24;/h2-4,6-11H,5,12-14H2,1H3,(H2,20,24)(H2,21,22,23);1H. The molecule has 2 rings (SSSR count). The zero-order valence-corrected chi connectivity index (χ0v) is 17.1. The molecule has 140 valence electrons. The van der Waals surface area contributed by atoms with Gasteiger partial charge in [0.2, 0.25) is 5.91 Å². The van der Waals surface area contributed by atoms with E-state index in [1.54, 1.807) is 19.2 Å². The van der Waals surface area contributed by atoms with Crippen molar-refractivity contribution >= 4 is 35.8 Å². The molecule has 0 aromatic heterocycles. The van der Waals surface area contributed by atoms with Crippen LogP contribution in [0.3, 0.4) is 0 Å². The number of primary amides is 1. The summed E-state index contributed by atoms with van der Waals surface area (Å²) in [6.45, 7) is 2.01. The number of carbonyl (C=O) groups is 1. The fraction of sp³-hybridized carbons (Fsp3) is 0.263. The van der Waals surface area contributed by atoms with Crippen LogP contribution in [0.15, 0.2) is 59.6 Å². The van der Waals surface area contributed by atoms with Gasteiger partial charge in [-0.15, -0.1) is 24.0 Å². The maximum Gasteiger partial charge on any atom is 0.248 e. The summed E-state index contributed by atoms with van der Waals surface area (Å²) in [6, 6.07) is 16.9. The lowest BCUT2D eigenvalue weighted by Crippen LogP contribution is -2.37. The van der Waals surface area contributed by atoms with Crippen LogP contribution in [0.1, 0.15) is 22.3 Å². The van der Waals surface area contributed by atoms with Crippen LogP contribution in [-0.2, 0) is 6.54 Å². The van der Waals surface area contributed by atoms with Gasteiger partial charge in [-0.2, -0.15) is 0 Å². The van der Waals surface area contributed by atoms with Gasteiger partial charge in [0.05, 0.1) is 6.61 Å². The van der Waals surface area contributed by atoms with E-state index in [4.69, 9.17) is 10.5 Å². The van der Waals surface area contributed by atoms with Gasteiger partial charge in [0.1, 0.15) is 5.75 Å². The first-order valence-corrected chi connectivity index (χ1v) is 8.20. The van der Waals surface area contributed by atoms with Crippen LogP contribution in [0.4, 0.5) is 0 Å². The molecule has 0 unspecified atom stereocenters. The third-order valence-corrected chi connectivity index (χ3v) is 3.55. The molecule has 0 saturated heterocycles. The van der Waals surface area contributed by atoms with Crippen molar-refractivity contribution in [2.45, 2.75) is 13.0 Å². The third-order valence-electron chi connectivity index (χ3n) is 3.55. The fourth-order valence-corrected chi connectivity index (χ4v) is 2.18. The number of nitrogens with zero attached hydrogens (tertiary/aromatic N) is 1. The number of hydrogen-bond acceptors (Lipinski definition) is 3. The van der Waals surface area contributed by atoms with E-state index in [0.29, 0.717) is 18.7 Å². The van der Waals surface area contributed by atoms with Crippen molar-refractivity contribution in [2.75, 3.05) is 20.2 Å². The van der Waals surface area contributed by atoms with E-state index in [1.807, 2.05) is 42.5 Å². The van der Waals surface area contributed by atoms with E-state index < -0.39 is 5.91 Å². The summed E-state index contributed by atoms with van der Waals surface area (Å²) in [6.07, 6.45) is 0.864. The van der Waals surface area contributed by atoms with E-state index in [2.05, 4.69) is 15.6 Å². The molecule has 0 heterocycles. The number of hydrogen-bond donors (Lipinski definition) is 3. The summed E-state index contributed by atoms with van der Waals surface area (Å²) in [5, 5.41) is 6.47. The van der Waals surface area contributed by atoms with Crippen molar-refractivity contribution in [3.63, 3.8) is 0 Å². The largest absolute Gasteiger partial charge is 0.494 e. The molecule has 0 aliphatic rings. The van der Waals surface area contributed by atoms with Crippen LogP contribution in [0.5, 0.6) is 5.75 Å². The van der Waals surface area contributed by atoms with Crippen LogP contribution in [0.25, 0.3) is 0 Å². The summed E-state index contributed by atoms with van der Waals surface area (Å²) in [7, 11) is 1.73. The second kappa shape index (κ2) is 12.1. The third kappa shape index (κ3) is 7.73. The number of ether oxygens (including phenoxy) is 1. The zero-order chi connectivity index (χ0) is 17.9. The molecule has 0 aliphatic carbocycles. The molecule has 2 aromatic rings. The number of benzene rings is 2. The van der Waals surface area contributed by atoms with Crippen LogP contribution in [-0.4, -0.2) is 32.1 Å². The average Bonchev–Trinajstić information content (AvgIpc) is 2.65. The van der Waals surface area contributed by atoms with Gasteiger partial charge in [-0.1, -0.05) is 30.3 Å². The lowest BCUT2D eigenvalue weighted by Gasteiger charge is -2.12. The van der Waals surface area contributed by atoms with E-state index in [0.717, 1.165) is 30.2 Å². The summed E-state index contributed by atoms with van der Waals surface area (Å²) < 4.78 is 5.64. The molecule has 2 aromatic carbocycles.